The van der Waals surface area contributed by atoms with Crippen LogP contribution in [0.2, 0.25) is 0 Å². The molecule has 0 spiro atoms. The number of halogens is 1. The third kappa shape index (κ3) is 5.14. The summed E-state index contributed by atoms with van der Waals surface area (Å²) in [7, 11) is 0. The van der Waals surface area contributed by atoms with Crippen LogP contribution in [0.1, 0.15) is 30.7 Å². The van der Waals surface area contributed by atoms with Crippen molar-refractivity contribution in [3.8, 4) is 22.7 Å². The fraction of sp³-hybridized carbons (Fsp3) is 0.179. The maximum atomic E-state index is 13.4. The van der Waals surface area contributed by atoms with Gasteiger partial charge in [-0.15, -0.1) is 0 Å². The van der Waals surface area contributed by atoms with Gasteiger partial charge in [-0.25, -0.2) is 4.39 Å². The fourth-order valence-electron chi connectivity index (χ4n) is 3.86. The normalized spacial score (nSPS) is 11.5. The van der Waals surface area contributed by atoms with Crippen molar-refractivity contribution in [2.45, 2.75) is 27.4 Å². The average Bonchev–Trinajstić information content (AvgIpc) is 3.17. The van der Waals surface area contributed by atoms with Crippen LogP contribution in [0.5, 0.6) is 5.75 Å². The zero-order valence-corrected chi connectivity index (χ0v) is 19.1. The zero-order valence-electron chi connectivity index (χ0n) is 19.1. The Morgan fingerprint density at radius 2 is 1.70 bits per heavy atom. The van der Waals surface area contributed by atoms with Crippen LogP contribution < -0.4 is 4.74 Å². The minimum absolute atomic E-state index is 0.208. The second-order valence-corrected chi connectivity index (χ2v) is 7.74. The molecule has 4 nitrogen and oxygen atoms in total. The van der Waals surface area contributed by atoms with Crippen molar-refractivity contribution in [3.05, 3.63) is 108 Å². The van der Waals surface area contributed by atoms with E-state index in [4.69, 9.17) is 9.57 Å². The molecule has 0 fully saturated rings. The first-order chi connectivity index (χ1) is 16.1. The number of aromatic nitrogens is 1. The summed E-state index contributed by atoms with van der Waals surface area (Å²) in [4.78, 5) is 5.54. The molecule has 4 rings (SSSR count). The van der Waals surface area contributed by atoms with Gasteiger partial charge in [0.05, 0.1) is 18.0 Å². The molecule has 3 aromatic carbocycles. The van der Waals surface area contributed by atoms with E-state index in [0.717, 1.165) is 45.2 Å². The van der Waals surface area contributed by atoms with Crippen molar-refractivity contribution in [3.63, 3.8) is 0 Å². The minimum atomic E-state index is -0.285. The largest absolute Gasteiger partial charge is 0.494 e. The maximum Gasteiger partial charge on any atom is 0.142 e. The summed E-state index contributed by atoms with van der Waals surface area (Å²) >= 11 is 0. The van der Waals surface area contributed by atoms with Crippen LogP contribution in [0, 0.1) is 12.7 Å². The van der Waals surface area contributed by atoms with E-state index in [9.17, 15) is 4.39 Å². The highest BCUT2D eigenvalue weighted by molar-refractivity contribution is 6.01. The van der Waals surface area contributed by atoms with Crippen LogP contribution in [0.15, 0.2) is 90.1 Å². The number of benzene rings is 3. The van der Waals surface area contributed by atoms with Gasteiger partial charge in [-0.3, -0.25) is 0 Å². The molecule has 0 amide bonds. The van der Waals surface area contributed by atoms with Crippen molar-refractivity contribution in [2.75, 3.05) is 6.61 Å². The molecular formula is C28H27FN2O2. The smallest absolute Gasteiger partial charge is 0.142 e. The van der Waals surface area contributed by atoms with Gasteiger partial charge < -0.3 is 14.1 Å². The van der Waals surface area contributed by atoms with Crippen LogP contribution in [0.3, 0.4) is 0 Å². The summed E-state index contributed by atoms with van der Waals surface area (Å²) in [5, 5.41) is 4.32. The van der Waals surface area contributed by atoms with Crippen molar-refractivity contribution in [1.82, 2.24) is 4.57 Å². The molecule has 0 saturated carbocycles. The second kappa shape index (κ2) is 10.2. The summed E-state index contributed by atoms with van der Waals surface area (Å²) in [6.45, 7) is 6.81. The summed E-state index contributed by atoms with van der Waals surface area (Å²) in [5.74, 6) is 0.559. The van der Waals surface area contributed by atoms with E-state index in [-0.39, 0.29) is 12.4 Å². The predicted octanol–water partition coefficient (Wildman–Crippen LogP) is 6.93. The summed E-state index contributed by atoms with van der Waals surface area (Å²) < 4.78 is 21.2. The molecule has 0 atom stereocenters. The SMILES string of the molecule is CCOc1ccc(-n2c(-c3ccccc3)cc(/C(C)=N\OCc3cccc(F)c3)c2C)cc1. The highest BCUT2D eigenvalue weighted by Crippen LogP contribution is 2.30. The minimum Gasteiger partial charge on any atom is -0.494 e. The number of nitrogens with zero attached hydrogens (tertiary/aromatic N) is 2. The number of hydrogen-bond acceptors (Lipinski definition) is 3. The molecule has 4 aromatic rings. The molecule has 0 unspecified atom stereocenters. The van der Waals surface area contributed by atoms with Gasteiger partial charge in [0.1, 0.15) is 18.2 Å². The van der Waals surface area contributed by atoms with E-state index >= 15 is 0 Å². The Morgan fingerprint density at radius 3 is 2.39 bits per heavy atom. The number of rotatable bonds is 8. The molecular weight excluding hydrogens is 415 g/mol. The fourth-order valence-corrected chi connectivity index (χ4v) is 3.86. The first kappa shape index (κ1) is 22.3. The van der Waals surface area contributed by atoms with Gasteiger partial charge in [0.25, 0.3) is 0 Å². The number of oxime groups is 1. The Balaban J connectivity index is 1.68. The summed E-state index contributed by atoms with van der Waals surface area (Å²) in [6, 6.07) is 26.8. The zero-order chi connectivity index (χ0) is 23.2. The molecule has 0 radical (unpaired) electrons. The van der Waals surface area contributed by atoms with Gasteiger partial charge in [-0.1, -0.05) is 47.6 Å². The highest BCUT2D eigenvalue weighted by Gasteiger charge is 2.17. The van der Waals surface area contributed by atoms with Crippen LogP contribution >= 0.6 is 0 Å². The molecule has 0 aliphatic carbocycles. The molecule has 0 aliphatic rings. The highest BCUT2D eigenvalue weighted by atomic mass is 19.1. The van der Waals surface area contributed by atoms with Crippen molar-refractivity contribution < 1.29 is 14.0 Å². The Kier molecular flexibility index (Phi) is 6.89. The lowest BCUT2D eigenvalue weighted by Crippen LogP contribution is -2.03. The van der Waals surface area contributed by atoms with Gasteiger partial charge in [0, 0.05) is 16.9 Å². The van der Waals surface area contributed by atoms with Gasteiger partial charge in [-0.05, 0) is 74.4 Å². The van der Waals surface area contributed by atoms with Crippen molar-refractivity contribution >= 4 is 5.71 Å². The Labute approximate surface area is 193 Å². The Hall–Kier alpha value is -3.86. The standard InChI is InChI=1S/C28H27FN2O2/c1-4-32-26-15-13-25(14-16-26)31-21(3)27(18-28(31)23-10-6-5-7-11-23)20(2)30-33-19-22-9-8-12-24(29)17-22/h5-18H,4,19H2,1-3H3/b30-20-. The first-order valence-corrected chi connectivity index (χ1v) is 11.0. The van der Waals surface area contributed by atoms with Crippen LogP contribution in [0.25, 0.3) is 16.9 Å². The number of ether oxygens (including phenoxy) is 1. The monoisotopic (exact) mass is 442 g/mol. The third-order valence-electron chi connectivity index (χ3n) is 5.43. The summed E-state index contributed by atoms with van der Waals surface area (Å²) in [5.41, 5.74) is 6.73. The van der Waals surface area contributed by atoms with Crippen molar-refractivity contribution in [2.24, 2.45) is 5.16 Å². The van der Waals surface area contributed by atoms with E-state index in [0.29, 0.717) is 6.61 Å². The quantitative estimate of drug-likeness (QED) is 0.219. The maximum absolute atomic E-state index is 13.4. The van der Waals surface area contributed by atoms with Gasteiger partial charge in [-0.2, -0.15) is 0 Å². The van der Waals surface area contributed by atoms with Crippen LogP contribution in [-0.2, 0) is 11.4 Å². The van der Waals surface area contributed by atoms with E-state index in [1.54, 1.807) is 6.07 Å². The molecule has 168 valence electrons. The number of hydrogen-bond donors (Lipinski definition) is 0. The lowest BCUT2D eigenvalue weighted by atomic mass is 10.1. The van der Waals surface area contributed by atoms with Crippen LogP contribution in [-0.4, -0.2) is 16.9 Å². The molecule has 1 heterocycles. The molecule has 0 saturated heterocycles. The van der Waals surface area contributed by atoms with Gasteiger partial charge in [0.2, 0.25) is 0 Å². The first-order valence-electron chi connectivity index (χ1n) is 11.0. The Morgan fingerprint density at radius 1 is 0.939 bits per heavy atom. The van der Waals surface area contributed by atoms with Gasteiger partial charge in [0.15, 0.2) is 0 Å². The third-order valence-corrected chi connectivity index (χ3v) is 5.43. The molecule has 33 heavy (non-hydrogen) atoms. The molecule has 0 N–H and O–H groups in total. The predicted molar refractivity (Wildman–Crippen MR) is 131 cm³/mol. The van der Waals surface area contributed by atoms with E-state index in [2.05, 4.69) is 47.0 Å². The lowest BCUT2D eigenvalue weighted by Gasteiger charge is -2.13. The van der Waals surface area contributed by atoms with E-state index in [1.165, 1.54) is 12.1 Å². The van der Waals surface area contributed by atoms with Crippen LogP contribution in [0.4, 0.5) is 4.39 Å². The van der Waals surface area contributed by atoms with E-state index in [1.807, 2.05) is 50.2 Å². The van der Waals surface area contributed by atoms with E-state index < -0.39 is 0 Å². The second-order valence-electron chi connectivity index (χ2n) is 7.74. The molecule has 1 aromatic heterocycles. The summed E-state index contributed by atoms with van der Waals surface area (Å²) in [6.07, 6.45) is 0. The Bertz CT molecular complexity index is 1240. The average molecular weight is 443 g/mol. The van der Waals surface area contributed by atoms with Crippen molar-refractivity contribution in [1.29, 1.82) is 0 Å². The van der Waals surface area contributed by atoms with Gasteiger partial charge >= 0.3 is 0 Å². The molecule has 5 heteroatoms. The lowest BCUT2D eigenvalue weighted by molar-refractivity contribution is 0.130. The molecule has 0 bridgehead atoms. The molecule has 0 aliphatic heterocycles. The topological polar surface area (TPSA) is 35.8 Å².